The summed E-state index contributed by atoms with van der Waals surface area (Å²) in [6.45, 7) is 0.868. The number of amides is 1. The number of carbonyl (C=O) groups is 1. The van der Waals surface area contributed by atoms with E-state index >= 15 is 0 Å². The van der Waals surface area contributed by atoms with Crippen molar-refractivity contribution < 1.29 is 13.2 Å². The topological polar surface area (TPSA) is 79.4 Å². The van der Waals surface area contributed by atoms with E-state index in [0.29, 0.717) is 18.7 Å². The van der Waals surface area contributed by atoms with Gasteiger partial charge < -0.3 is 5.32 Å². The van der Waals surface area contributed by atoms with Crippen LogP contribution in [0.1, 0.15) is 23.2 Å². The highest BCUT2D eigenvalue weighted by atomic mass is 32.2. The summed E-state index contributed by atoms with van der Waals surface area (Å²) in [6, 6.07) is 3.22. The highest BCUT2D eigenvalue weighted by molar-refractivity contribution is 7.88. The van der Waals surface area contributed by atoms with Crippen LogP contribution in [0.5, 0.6) is 0 Å². The number of nitrogens with zero attached hydrogens (tertiary/aromatic N) is 2. The van der Waals surface area contributed by atoms with Gasteiger partial charge in [0.2, 0.25) is 10.0 Å². The normalized spacial score (nSPS) is 20.4. The lowest BCUT2D eigenvalue weighted by atomic mass is 10.2. The fourth-order valence-corrected chi connectivity index (χ4v) is 3.44. The summed E-state index contributed by atoms with van der Waals surface area (Å²) in [5.74, 6) is -0.228. The molecule has 0 saturated carbocycles. The van der Waals surface area contributed by atoms with Crippen molar-refractivity contribution in [1.82, 2.24) is 14.6 Å². The Kier molecular flexibility index (Phi) is 4.16. The predicted molar refractivity (Wildman–Crippen MR) is 71.1 cm³/mol. The number of aromatic nitrogens is 1. The lowest BCUT2D eigenvalue weighted by Crippen LogP contribution is -2.42. The Morgan fingerprint density at radius 2 is 2.37 bits per heavy atom. The van der Waals surface area contributed by atoms with Gasteiger partial charge in [-0.3, -0.25) is 9.78 Å². The smallest absolute Gasteiger partial charge is 0.252 e. The highest BCUT2D eigenvalue weighted by Gasteiger charge is 2.31. The molecule has 1 saturated heterocycles. The second-order valence-corrected chi connectivity index (χ2v) is 6.56. The summed E-state index contributed by atoms with van der Waals surface area (Å²) in [5, 5.41) is 2.76. The first-order valence-electron chi connectivity index (χ1n) is 6.13. The van der Waals surface area contributed by atoms with Gasteiger partial charge in [-0.05, 0) is 25.0 Å². The predicted octanol–water partition coefficient (Wildman–Crippen LogP) is 0.235. The summed E-state index contributed by atoms with van der Waals surface area (Å²) in [7, 11) is -3.19. The first-order chi connectivity index (χ1) is 8.98. The standard InChI is InChI=1S/C12H17N3O3S/c1-19(17,18)15-7-3-5-11(15)9-14-12(16)10-4-2-6-13-8-10/h2,4,6,8,11H,3,5,7,9H2,1H3,(H,14,16). The van der Waals surface area contributed by atoms with Crippen molar-refractivity contribution in [3.05, 3.63) is 30.1 Å². The third-order valence-corrected chi connectivity index (χ3v) is 4.50. The van der Waals surface area contributed by atoms with E-state index in [0.717, 1.165) is 12.8 Å². The van der Waals surface area contributed by atoms with Crippen molar-refractivity contribution in [2.45, 2.75) is 18.9 Å². The van der Waals surface area contributed by atoms with E-state index in [1.165, 1.54) is 16.8 Å². The highest BCUT2D eigenvalue weighted by Crippen LogP contribution is 2.19. The van der Waals surface area contributed by atoms with Crippen LogP contribution in [-0.4, -0.2) is 49.0 Å². The molecule has 2 rings (SSSR count). The zero-order valence-corrected chi connectivity index (χ0v) is 11.6. The Labute approximate surface area is 112 Å². The molecule has 1 aliphatic heterocycles. The number of hydrogen-bond donors (Lipinski definition) is 1. The van der Waals surface area contributed by atoms with Gasteiger partial charge in [0.05, 0.1) is 11.8 Å². The molecule has 6 nitrogen and oxygen atoms in total. The van der Waals surface area contributed by atoms with E-state index in [-0.39, 0.29) is 11.9 Å². The lowest BCUT2D eigenvalue weighted by Gasteiger charge is -2.22. The Bertz CT molecular complexity index is 545. The van der Waals surface area contributed by atoms with E-state index in [2.05, 4.69) is 10.3 Å². The molecule has 0 bridgehead atoms. The minimum atomic E-state index is -3.19. The van der Waals surface area contributed by atoms with Gasteiger partial charge in [0.25, 0.3) is 5.91 Å². The van der Waals surface area contributed by atoms with E-state index in [1.54, 1.807) is 18.3 Å². The molecule has 2 heterocycles. The van der Waals surface area contributed by atoms with E-state index in [1.807, 2.05) is 0 Å². The molecule has 104 valence electrons. The average Bonchev–Trinajstić information content (AvgIpc) is 2.85. The molecule has 0 aromatic carbocycles. The SMILES string of the molecule is CS(=O)(=O)N1CCCC1CNC(=O)c1cccnc1. The van der Waals surface area contributed by atoms with Crippen molar-refractivity contribution >= 4 is 15.9 Å². The summed E-state index contributed by atoms with van der Waals surface area (Å²) in [4.78, 5) is 15.7. The zero-order valence-electron chi connectivity index (χ0n) is 10.7. The van der Waals surface area contributed by atoms with Crippen LogP contribution in [0.4, 0.5) is 0 Å². The van der Waals surface area contributed by atoms with Gasteiger partial charge in [-0.1, -0.05) is 0 Å². The second-order valence-electron chi connectivity index (χ2n) is 4.62. The van der Waals surface area contributed by atoms with Gasteiger partial charge in [-0.15, -0.1) is 0 Å². The number of sulfonamides is 1. The van der Waals surface area contributed by atoms with Crippen LogP contribution in [-0.2, 0) is 10.0 Å². The monoisotopic (exact) mass is 283 g/mol. The van der Waals surface area contributed by atoms with Crippen LogP contribution < -0.4 is 5.32 Å². The largest absolute Gasteiger partial charge is 0.350 e. The summed E-state index contributed by atoms with van der Waals surface area (Å²) >= 11 is 0. The van der Waals surface area contributed by atoms with Gasteiger partial charge >= 0.3 is 0 Å². The lowest BCUT2D eigenvalue weighted by molar-refractivity contribution is 0.0946. The minimum Gasteiger partial charge on any atom is -0.350 e. The van der Waals surface area contributed by atoms with Crippen molar-refractivity contribution in [3.8, 4) is 0 Å². The van der Waals surface area contributed by atoms with Gasteiger partial charge in [0, 0.05) is 31.5 Å². The molecule has 0 radical (unpaired) electrons. The zero-order chi connectivity index (χ0) is 13.9. The third kappa shape index (κ3) is 3.51. The Balaban J connectivity index is 1.94. The summed E-state index contributed by atoms with van der Waals surface area (Å²) in [6.07, 6.45) is 5.90. The fraction of sp³-hybridized carbons (Fsp3) is 0.500. The Morgan fingerprint density at radius 1 is 1.58 bits per heavy atom. The van der Waals surface area contributed by atoms with Crippen molar-refractivity contribution in [3.63, 3.8) is 0 Å². The summed E-state index contributed by atoms with van der Waals surface area (Å²) in [5.41, 5.74) is 0.478. The quantitative estimate of drug-likeness (QED) is 0.858. The molecule has 1 unspecified atom stereocenters. The molecule has 19 heavy (non-hydrogen) atoms. The molecule has 1 N–H and O–H groups in total. The first-order valence-corrected chi connectivity index (χ1v) is 7.98. The van der Waals surface area contributed by atoms with Crippen LogP contribution >= 0.6 is 0 Å². The van der Waals surface area contributed by atoms with Gasteiger partial charge in [-0.25, -0.2) is 8.42 Å². The molecule has 1 aliphatic rings. The molecule has 1 aromatic rings. The number of rotatable bonds is 4. The molecule has 1 atom stereocenters. The average molecular weight is 283 g/mol. The second kappa shape index (κ2) is 5.66. The number of carbonyl (C=O) groups excluding carboxylic acids is 1. The van der Waals surface area contributed by atoms with Crippen LogP contribution in [0.25, 0.3) is 0 Å². The molecule has 1 aromatic heterocycles. The molecule has 1 amide bonds. The third-order valence-electron chi connectivity index (χ3n) is 3.17. The first kappa shape index (κ1) is 14.0. The van der Waals surface area contributed by atoms with Crippen LogP contribution in [0.2, 0.25) is 0 Å². The summed E-state index contributed by atoms with van der Waals surface area (Å²) < 4.78 is 24.6. The molecule has 0 spiro atoms. The Hall–Kier alpha value is -1.47. The minimum absolute atomic E-state index is 0.143. The van der Waals surface area contributed by atoms with E-state index < -0.39 is 10.0 Å². The number of hydrogen-bond acceptors (Lipinski definition) is 4. The maximum atomic E-state index is 11.8. The van der Waals surface area contributed by atoms with E-state index in [9.17, 15) is 13.2 Å². The number of nitrogens with one attached hydrogen (secondary N) is 1. The van der Waals surface area contributed by atoms with Crippen molar-refractivity contribution in [1.29, 1.82) is 0 Å². The van der Waals surface area contributed by atoms with Crippen LogP contribution in [0, 0.1) is 0 Å². The van der Waals surface area contributed by atoms with Crippen LogP contribution in [0.15, 0.2) is 24.5 Å². The maximum Gasteiger partial charge on any atom is 0.252 e. The fourth-order valence-electron chi connectivity index (χ4n) is 2.26. The van der Waals surface area contributed by atoms with E-state index in [4.69, 9.17) is 0 Å². The van der Waals surface area contributed by atoms with Gasteiger partial charge in [-0.2, -0.15) is 4.31 Å². The molecule has 0 aliphatic carbocycles. The van der Waals surface area contributed by atoms with Gasteiger partial charge in [0.1, 0.15) is 0 Å². The number of pyridine rings is 1. The maximum absolute atomic E-state index is 11.8. The van der Waals surface area contributed by atoms with Crippen molar-refractivity contribution in [2.24, 2.45) is 0 Å². The molecule has 7 heteroatoms. The van der Waals surface area contributed by atoms with Crippen molar-refractivity contribution in [2.75, 3.05) is 19.3 Å². The molecular formula is C12H17N3O3S. The van der Waals surface area contributed by atoms with Crippen LogP contribution in [0.3, 0.4) is 0 Å². The molecular weight excluding hydrogens is 266 g/mol. The van der Waals surface area contributed by atoms with Gasteiger partial charge in [0.15, 0.2) is 0 Å². The molecule has 1 fully saturated rings. The Morgan fingerprint density at radius 3 is 3.00 bits per heavy atom.